The molecule has 1 fully saturated rings. The Bertz CT molecular complexity index is 462. The van der Waals surface area contributed by atoms with Crippen molar-refractivity contribution in [1.29, 1.82) is 0 Å². The molecule has 2 rings (SSSR count). The zero-order valence-corrected chi connectivity index (χ0v) is 13.4. The minimum Gasteiger partial charge on any atom is -0.370 e. The molecule has 0 bridgehead atoms. The van der Waals surface area contributed by atoms with Gasteiger partial charge in [0, 0.05) is 13.7 Å². The minimum absolute atomic E-state index is 0.0631. The molecule has 1 aliphatic rings. The van der Waals surface area contributed by atoms with E-state index in [0.717, 1.165) is 30.2 Å². The van der Waals surface area contributed by atoms with Gasteiger partial charge < -0.3 is 4.74 Å². The van der Waals surface area contributed by atoms with Crippen molar-refractivity contribution in [2.75, 3.05) is 7.11 Å². The molecule has 1 aromatic heterocycles. The number of ketones is 1. The lowest BCUT2D eigenvalue weighted by Crippen LogP contribution is -2.44. The molecule has 0 atom stereocenters. The van der Waals surface area contributed by atoms with E-state index in [1.54, 1.807) is 18.0 Å². The summed E-state index contributed by atoms with van der Waals surface area (Å²) in [6.07, 6.45) is 5.36. The molecule has 0 spiro atoms. The highest BCUT2D eigenvalue weighted by molar-refractivity contribution is 9.10. The van der Waals surface area contributed by atoms with E-state index >= 15 is 0 Å². The van der Waals surface area contributed by atoms with Gasteiger partial charge in [0.1, 0.15) is 11.3 Å². The number of carbonyl (C=O) groups excluding carboxylic acids is 1. The van der Waals surface area contributed by atoms with Crippen molar-refractivity contribution in [3.8, 4) is 0 Å². The van der Waals surface area contributed by atoms with E-state index in [2.05, 4.69) is 28.0 Å². The molecule has 0 aliphatic heterocycles. The SMILES string of the molecule is CCn1ncc(Br)c1C(=O)C1(OC)CCC(C)CC1. The van der Waals surface area contributed by atoms with Crippen molar-refractivity contribution in [3.63, 3.8) is 0 Å². The highest BCUT2D eigenvalue weighted by Crippen LogP contribution is 2.37. The minimum atomic E-state index is -0.665. The Morgan fingerprint density at radius 1 is 1.58 bits per heavy atom. The lowest BCUT2D eigenvalue weighted by Gasteiger charge is -2.36. The molecule has 1 heterocycles. The largest absolute Gasteiger partial charge is 0.370 e. The summed E-state index contributed by atoms with van der Waals surface area (Å²) in [7, 11) is 1.65. The van der Waals surface area contributed by atoms with Crippen LogP contribution in [-0.2, 0) is 11.3 Å². The molecule has 1 aliphatic carbocycles. The van der Waals surface area contributed by atoms with Crippen LogP contribution in [0.5, 0.6) is 0 Å². The fraction of sp³-hybridized carbons (Fsp3) is 0.714. The summed E-state index contributed by atoms with van der Waals surface area (Å²) in [6.45, 7) is 4.90. The number of aryl methyl sites for hydroxylation is 1. The first-order valence-electron chi connectivity index (χ1n) is 6.85. The van der Waals surface area contributed by atoms with E-state index in [1.165, 1.54) is 0 Å². The Hall–Kier alpha value is -0.680. The first kappa shape index (κ1) is 14.7. The molecular formula is C14H21BrN2O2. The topological polar surface area (TPSA) is 44.1 Å². The summed E-state index contributed by atoms with van der Waals surface area (Å²) in [4.78, 5) is 12.9. The lowest BCUT2D eigenvalue weighted by molar-refractivity contribution is -0.0270. The van der Waals surface area contributed by atoms with Crippen LogP contribution >= 0.6 is 15.9 Å². The van der Waals surface area contributed by atoms with Crippen molar-refractivity contribution in [1.82, 2.24) is 9.78 Å². The van der Waals surface area contributed by atoms with Gasteiger partial charge >= 0.3 is 0 Å². The zero-order valence-electron chi connectivity index (χ0n) is 11.8. The molecule has 1 saturated carbocycles. The van der Waals surface area contributed by atoms with Crippen LogP contribution in [0, 0.1) is 5.92 Å². The number of rotatable bonds is 4. The van der Waals surface area contributed by atoms with Gasteiger partial charge in [0.25, 0.3) is 0 Å². The van der Waals surface area contributed by atoms with Crippen LogP contribution in [0.2, 0.25) is 0 Å². The quantitative estimate of drug-likeness (QED) is 0.795. The number of carbonyl (C=O) groups is 1. The van der Waals surface area contributed by atoms with Crippen LogP contribution in [0.3, 0.4) is 0 Å². The molecule has 4 nitrogen and oxygen atoms in total. The molecule has 0 saturated heterocycles. The van der Waals surface area contributed by atoms with Crippen LogP contribution in [0.15, 0.2) is 10.7 Å². The summed E-state index contributed by atoms with van der Waals surface area (Å²) in [5, 5.41) is 4.22. The highest BCUT2D eigenvalue weighted by Gasteiger charge is 2.43. The van der Waals surface area contributed by atoms with Crippen molar-refractivity contribution < 1.29 is 9.53 Å². The maximum atomic E-state index is 12.9. The molecule has 5 heteroatoms. The molecule has 106 valence electrons. The summed E-state index contributed by atoms with van der Waals surface area (Å²) in [6, 6.07) is 0. The number of nitrogens with zero attached hydrogens (tertiary/aromatic N) is 2. The van der Waals surface area contributed by atoms with E-state index in [0.29, 0.717) is 18.2 Å². The van der Waals surface area contributed by atoms with E-state index in [1.807, 2.05) is 6.92 Å². The van der Waals surface area contributed by atoms with Gasteiger partial charge in [0.2, 0.25) is 5.78 Å². The fourth-order valence-corrected chi connectivity index (χ4v) is 3.27. The Kier molecular flexibility index (Phi) is 4.46. The Morgan fingerprint density at radius 2 is 2.21 bits per heavy atom. The van der Waals surface area contributed by atoms with Gasteiger partial charge in [0.15, 0.2) is 0 Å². The Balaban J connectivity index is 2.33. The van der Waals surface area contributed by atoms with Crippen LogP contribution in [0.25, 0.3) is 0 Å². The summed E-state index contributed by atoms with van der Waals surface area (Å²) < 4.78 is 8.16. The average Bonchev–Trinajstić information content (AvgIpc) is 2.80. The molecule has 0 aromatic carbocycles. The maximum absolute atomic E-state index is 12.9. The second-order valence-electron chi connectivity index (χ2n) is 5.37. The van der Waals surface area contributed by atoms with E-state index in [-0.39, 0.29) is 5.78 Å². The third kappa shape index (κ3) is 2.63. The third-order valence-electron chi connectivity index (χ3n) is 4.20. The second kappa shape index (κ2) is 5.75. The zero-order chi connectivity index (χ0) is 14.0. The van der Waals surface area contributed by atoms with Gasteiger partial charge in [-0.05, 0) is 54.5 Å². The van der Waals surface area contributed by atoms with E-state index in [9.17, 15) is 4.79 Å². The number of aromatic nitrogens is 2. The van der Waals surface area contributed by atoms with Crippen molar-refractivity contribution in [3.05, 3.63) is 16.4 Å². The lowest BCUT2D eigenvalue weighted by atomic mass is 9.76. The van der Waals surface area contributed by atoms with Gasteiger partial charge in [-0.2, -0.15) is 5.10 Å². The smallest absolute Gasteiger partial charge is 0.213 e. The van der Waals surface area contributed by atoms with Crippen LogP contribution in [0.4, 0.5) is 0 Å². The molecule has 1 aromatic rings. The van der Waals surface area contributed by atoms with Crippen molar-refractivity contribution in [2.24, 2.45) is 5.92 Å². The fourth-order valence-electron chi connectivity index (χ4n) is 2.80. The predicted molar refractivity (Wildman–Crippen MR) is 77.3 cm³/mol. The molecule has 0 radical (unpaired) electrons. The average molecular weight is 329 g/mol. The van der Waals surface area contributed by atoms with Gasteiger partial charge in [0.05, 0.1) is 10.7 Å². The van der Waals surface area contributed by atoms with Crippen LogP contribution < -0.4 is 0 Å². The van der Waals surface area contributed by atoms with Gasteiger partial charge in [-0.3, -0.25) is 9.48 Å². The summed E-state index contributed by atoms with van der Waals surface area (Å²) in [5.41, 5.74) is -0.0268. The number of methoxy groups -OCH3 is 1. The third-order valence-corrected chi connectivity index (χ3v) is 4.78. The van der Waals surface area contributed by atoms with Crippen LogP contribution in [0.1, 0.15) is 50.0 Å². The van der Waals surface area contributed by atoms with Gasteiger partial charge in [-0.1, -0.05) is 6.92 Å². The summed E-state index contributed by atoms with van der Waals surface area (Å²) >= 11 is 3.43. The van der Waals surface area contributed by atoms with Crippen LogP contribution in [-0.4, -0.2) is 28.3 Å². The standard InChI is InChI=1S/C14H21BrN2O2/c1-4-17-12(11(15)9-16-17)13(18)14(19-3)7-5-10(2)6-8-14/h9-10H,4-8H2,1-3H3. The predicted octanol–water partition coefficient (Wildman–Crippen LogP) is 3.44. The number of ether oxygens (including phenoxy) is 1. The Labute approximate surface area is 122 Å². The normalized spacial score (nSPS) is 27.5. The number of halogens is 1. The molecular weight excluding hydrogens is 308 g/mol. The first-order chi connectivity index (χ1) is 9.04. The van der Waals surface area contributed by atoms with Crippen molar-refractivity contribution in [2.45, 2.75) is 51.7 Å². The second-order valence-corrected chi connectivity index (χ2v) is 6.22. The first-order valence-corrected chi connectivity index (χ1v) is 7.64. The molecule has 19 heavy (non-hydrogen) atoms. The molecule has 0 amide bonds. The van der Waals surface area contributed by atoms with Crippen molar-refractivity contribution >= 4 is 21.7 Å². The Morgan fingerprint density at radius 3 is 2.74 bits per heavy atom. The number of hydrogen-bond acceptors (Lipinski definition) is 3. The van der Waals surface area contributed by atoms with Gasteiger partial charge in [-0.15, -0.1) is 0 Å². The number of hydrogen-bond donors (Lipinski definition) is 0. The molecule has 0 N–H and O–H groups in total. The number of Topliss-reactive ketones (excluding diaryl/α,β-unsaturated/α-hetero) is 1. The highest BCUT2D eigenvalue weighted by atomic mass is 79.9. The molecule has 0 unspecified atom stereocenters. The van der Waals surface area contributed by atoms with Gasteiger partial charge in [-0.25, -0.2) is 0 Å². The monoisotopic (exact) mass is 328 g/mol. The van der Waals surface area contributed by atoms with E-state index < -0.39 is 5.60 Å². The maximum Gasteiger partial charge on any atom is 0.213 e. The summed E-state index contributed by atoms with van der Waals surface area (Å²) in [5.74, 6) is 0.740. The van der Waals surface area contributed by atoms with E-state index in [4.69, 9.17) is 4.74 Å².